The highest BCUT2D eigenvalue weighted by Gasteiger charge is 2.03. The zero-order valence-electron chi connectivity index (χ0n) is 5.65. The molecule has 0 saturated heterocycles. The molecule has 0 aliphatic carbocycles. The molecular formula is C5H11FN2O. The second-order valence-corrected chi connectivity index (χ2v) is 1.60. The Bertz CT molecular complexity index is 97.0. The zero-order chi connectivity index (χ0) is 7.28. The van der Waals surface area contributed by atoms with E-state index in [2.05, 4.69) is 5.43 Å². The maximum absolute atomic E-state index is 11.5. The van der Waals surface area contributed by atoms with E-state index in [0.29, 0.717) is 6.54 Å². The first-order valence-corrected chi connectivity index (χ1v) is 2.78. The molecule has 0 aromatic heterocycles. The topological polar surface area (TPSA) is 32.3 Å². The molecule has 0 bridgehead atoms. The fourth-order valence-electron chi connectivity index (χ4n) is 0.415. The van der Waals surface area contributed by atoms with Crippen LogP contribution in [0.15, 0.2) is 0 Å². The second-order valence-electron chi connectivity index (χ2n) is 1.60. The van der Waals surface area contributed by atoms with E-state index in [1.807, 2.05) is 6.92 Å². The Morgan fingerprint density at radius 1 is 1.78 bits per heavy atom. The van der Waals surface area contributed by atoms with Crippen molar-refractivity contribution in [1.29, 1.82) is 0 Å². The van der Waals surface area contributed by atoms with E-state index in [-0.39, 0.29) is 0 Å². The van der Waals surface area contributed by atoms with E-state index in [4.69, 9.17) is 0 Å². The van der Waals surface area contributed by atoms with Crippen LogP contribution in [0.25, 0.3) is 0 Å². The number of nitrogens with one attached hydrogen (secondary N) is 1. The van der Waals surface area contributed by atoms with Crippen molar-refractivity contribution in [3.8, 4) is 0 Å². The van der Waals surface area contributed by atoms with Crippen molar-refractivity contribution >= 4 is 5.91 Å². The van der Waals surface area contributed by atoms with Gasteiger partial charge in [0.2, 0.25) is 0 Å². The lowest BCUT2D eigenvalue weighted by atomic mass is 10.6. The molecule has 0 rings (SSSR count). The van der Waals surface area contributed by atoms with Crippen LogP contribution in [0.4, 0.5) is 4.39 Å². The largest absolute Gasteiger partial charge is 0.279 e. The van der Waals surface area contributed by atoms with Crippen LogP contribution in [0, 0.1) is 0 Å². The maximum Gasteiger partial charge on any atom is 0.267 e. The van der Waals surface area contributed by atoms with Crippen LogP contribution in [0.5, 0.6) is 0 Å². The van der Waals surface area contributed by atoms with Crippen molar-refractivity contribution in [2.24, 2.45) is 0 Å². The average molecular weight is 134 g/mol. The first-order valence-electron chi connectivity index (χ1n) is 2.78. The van der Waals surface area contributed by atoms with Gasteiger partial charge < -0.3 is 0 Å². The number of amides is 1. The minimum absolute atomic E-state index is 0.545. The molecule has 0 aliphatic rings. The minimum Gasteiger partial charge on any atom is -0.279 e. The molecule has 0 aliphatic heterocycles. The predicted molar refractivity (Wildman–Crippen MR) is 32.4 cm³/mol. The SMILES string of the molecule is CCNN(C)C(=O)CF. The molecule has 1 amide bonds. The molecule has 3 nitrogen and oxygen atoms in total. The van der Waals surface area contributed by atoms with Crippen LogP contribution in [0.1, 0.15) is 6.92 Å². The van der Waals surface area contributed by atoms with Gasteiger partial charge in [-0.1, -0.05) is 6.92 Å². The van der Waals surface area contributed by atoms with Gasteiger partial charge in [0.15, 0.2) is 6.67 Å². The molecular weight excluding hydrogens is 123 g/mol. The van der Waals surface area contributed by atoms with Gasteiger partial charge in [-0.25, -0.2) is 9.82 Å². The van der Waals surface area contributed by atoms with Gasteiger partial charge in [-0.3, -0.25) is 9.80 Å². The highest BCUT2D eigenvalue weighted by molar-refractivity contribution is 5.76. The molecule has 0 heterocycles. The van der Waals surface area contributed by atoms with Crippen LogP contribution in [0.2, 0.25) is 0 Å². The van der Waals surface area contributed by atoms with Crippen LogP contribution >= 0.6 is 0 Å². The van der Waals surface area contributed by atoms with Gasteiger partial charge in [-0.2, -0.15) is 0 Å². The van der Waals surface area contributed by atoms with Gasteiger partial charge in [0.25, 0.3) is 5.91 Å². The van der Waals surface area contributed by atoms with Crippen molar-refractivity contribution < 1.29 is 9.18 Å². The number of halogens is 1. The van der Waals surface area contributed by atoms with Gasteiger partial charge in [-0.05, 0) is 0 Å². The van der Waals surface area contributed by atoms with E-state index in [1.54, 1.807) is 0 Å². The fraction of sp³-hybridized carbons (Fsp3) is 0.800. The van der Waals surface area contributed by atoms with E-state index < -0.39 is 12.6 Å². The van der Waals surface area contributed by atoms with Crippen molar-refractivity contribution in [2.75, 3.05) is 20.3 Å². The molecule has 0 aromatic rings. The summed E-state index contributed by atoms with van der Waals surface area (Å²) in [5, 5.41) is 1.14. The molecule has 0 aromatic carbocycles. The van der Waals surface area contributed by atoms with Crippen molar-refractivity contribution in [1.82, 2.24) is 10.4 Å². The van der Waals surface area contributed by atoms with Crippen LogP contribution in [-0.2, 0) is 4.79 Å². The Labute approximate surface area is 53.8 Å². The van der Waals surface area contributed by atoms with E-state index in [0.717, 1.165) is 5.01 Å². The zero-order valence-corrected chi connectivity index (χ0v) is 5.65. The monoisotopic (exact) mass is 134 g/mol. The van der Waals surface area contributed by atoms with Gasteiger partial charge in [0.1, 0.15) is 0 Å². The quantitative estimate of drug-likeness (QED) is 0.548. The molecule has 0 unspecified atom stereocenters. The number of nitrogens with zero attached hydrogens (tertiary/aromatic N) is 1. The molecule has 4 heteroatoms. The highest BCUT2D eigenvalue weighted by Crippen LogP contribution is 1.78. The Kier molecular flexibility index (Phi) is 3.96. The number of carbonyl (C=O) groups excluding carboxylic acids is 1. The molecule has 0 spiro atoms. The third-order valence-electron chi connectivity index (χ3n) is 0.884. The van der Waals surface area contributed by atoms with Crippen molar-refractivity contribution in [2.45, 2.75) is 6.92 Å². The smallest absolute Gasteiger partial charge is 0.267 e. The molecule has 9 heavy (non-hydrogen) atoms. The number of carbonyl (C=O) groups is 1. The minimum atomic E-state index is -0.941. The molecule has 0 atom stereocenters. The number of rotatable bonds is 3. The van der Waals surface area contributed by atoms with Gasteiger partial charge in [0, 0.05) is 13.6 Å². The first kappa shape index (κ1) is 8.36. The third-order valence-corrected chi connectivity index (χ3v) is 0.884. The highest BCUT2D eigenvalue weighted by atomic mass is 19.1. The van der Waals surface area contributed by atoms with E-state index in [9.17, 15) is 9.18 Å². The van der Waals surface area contributed by atoms with Gasteiger partial charge in [0.05, 0.1) is 0 Å². The average Bonchev–Trinajstić information content (AvgIpc) is 1.87. The summed E-state index contributed by atoms with van der Waals surface area (Å²) in [5.74, 6) is -0.545. The lowest BCUT2D eigenvalue weighted by Gasteiger charge is -2.14. The summed E-state index contributed by atoms with van der Waals surface area (Å²) >= 11 is 0. The molecule has 1 N–H and O–H groups in total. The summed E-state index contributed by atoms with van der Waals surface area (Å²) in [5.41, 5.74) is 2.64. The van der Waals surface area contributed by atoms with Crippen molar-refractivity contribution in [3.63, 3.8) is 0 Å². The summed E-state index contributed by atoms with van der Waals surface area (Å²) < 4.78 is 11.5. The third kappa shape index (κ3) is 3.03. The summed E-state index contributed by atoms with van der Waals surface area (Å²) in [4.78, 5) is 10.4. The van der Waals surface area contributed by atoms with Crippen LogP contribution in [-0.4, -0.2) is 31.2 Å². The Morgan fingerprint density at radius 3 is 2.67 bits per heavy atom. The number of hydrogen-bond donors (Lipinski definition) is 1. The lowest BCUT2D eigenvalue weighted by molar-refractivity contribution is -0.133. The fourth-order valence-corrected chi connectivity index (χ4v) is 0.415. The summed E-state index contributed by atoms with van der Waals surface area (Å²) in [6.45, 7) is 1.52. The summed E-state index contributed by atoms with van der Waals surface area (Å²) in [6.07, 6.45) is 0. The second kappa shape index (κ2) is 4.26. The van der Waals surface area contributed by atoms with E-state index >= 15 is 0 Å². The molecule has 0 saturated carbocycles. The number of alkyl halides is 1. The molecule has 0 radical (unpaired) electrons. The summed E-state index contributed by atoms with van der Waals surface area (Å²) in [7, 11) is 1.49. The Hall–Kier alpha value is -0.640. The maximum atomic E-state index is 11.5. The lowest BCUT2D eigenvalue weighted by Crippen LogP contribution is -2.40. The molecule has 54 valence electrons. The first-order chi connectivity index (χ1) is 4.22. The number of hydrazine groups is 1. The normalized spacial score (nSPS) is 9.22. The summed E-state index contributed by atoms with van der Waals surface area (Å²) in [6, 6.07) is 0. The standard InChI is InChI=1S/C5H11FN2O/c1-3-7-8(2)5(9)4-6/h7H,3-4H2,1-2H3. The number of hydrogen-bond acceptors (Lipinski definition) is 2. The van der Waals surface area contributed by atoms with Crippen molar-refractivity contribution in [3.05, 3.63) is 0 Å². The predicted octanol–water partition coefficient (Wildman–Crippen LogP) is -0.0612. The van der Waals surface area contributed by atoms with E-state index in [1.165, 1.54) is 7.05 Å². The van der Waals surface area contributed by atoms with Gasteiger partial charge >= 0.3 is 0 Å². The molecule has 0 fully saturated rings. The van der Waals surface area contributed by atoms with Crippen LogP contribution < -0.4 is 5.43 Å². The Morgan fingerprint density at radius 2 is 2.33 bits per heavy atom. The van der Waals surface area contributed by atoms with Gasteiger partial charge in [-0.15, -0.1) is 0 Å². The van der Waals surface area contributed by atoms with Crippen LogP contribution in [0.3, 0.4) is 0 Å². The Balaban J connectivity index is 3.45.